The van der Waals surface area contributed by atoms with Crippen LogP contribution in [-0.2, 0) is 0 Å². The van der Waals surface area contributed by atoms with Crippen molar-refractivity contribution in [1.82, 2.24) is 15.4 Å². The first-order valence-electron chi connectivity index (χ1n) is 7.12. The molecule has 0 unspecified atom stereocenters. The molecule has 1 fully saturated rings. The second-order valence-corrected chi connectivity index (χ2v) is 5.17. The van der Waals surface area contributed by atoms with Crippen LogP contribution >= 0.6 is 0 Å². The maximum Gasteiger partial charge on any atom is 0.142 e. The van der Waals surface area contributed by atoms with E-state index in [4.69, 9.17) is 10.8 Å². The fraction of sp³-hybridized carbons (Fsp3) is 0.400. The molecule has 1 saturated carbocycles. The van der Waals surface area contributed by atoms with Crippen LogP contribution in [0, 0.1) is 0 Å². The Hall–Kier alpha value is -2.01. The Balaban J connectivity index is 1.91. The van der Waals surface area contributed by atoms with Crippen LogP contribution in [0.5, 0.6) is 0 Å². The molecule has 0 spiro atoms. The molecule has 1 aromatic carbocycles. The van der Waals surface area contributed by atoms with Gasteiger partial charge in [0.05, 0.1) is 17.1 Å². The van der Waals surface area contributed by atoms with Gasteiger partial charge >= 0.3 is 0 Å². The lowest BCUT2D eigenvalue weighted by Crippen LogP contribution is -2.32. The molecule has 5 nitrogen and oxygen atoms in total. The van der Waals surface area contributed by atoms with Crippen LogP contribution in [0.4, 0.5) is 0 Å². The predicted octanol–water partition coefficient (Wildman–Crippen LogP) is 2.17. The summed E-state index contributed by atoms with van der Waals surface area (Å²) < 4.78 is 0. The average Bonchev–Trinajstić information content (AvgIpc) is 2.53. The standard InChI is InChI=1S/C15H19N5/c16-20-15(19-12-4-2-1-3-5-12)11-6-7-13-14(10-11)18-9-8-17-13/h6-10,12H,1-5,16H2,(H,19,20). The van der Waals surface area contributed by atoms with Crippen LogP contribution in [-0.4, -0.2) is 21.8 Å². The van der Waals surface area contributed by atoms with E-state index in [9.17, 15) is 0 Å². The first-order chi connectivity index (χ1) is 9.86. The molecule has 2 aromatic rings. The molecule has 0 bridgehead atoms. The fourth-order valence-corrected chi connectivity index (χ4v) is 2.70. The first-order valence-corrected chi connectivity index (χ1v) is 7.12. The monoisotopic (exact) mass is 269 g/mol. The van der Waals surface area contributed by atoms with Crippen molar-refractivity contribution in [2.75, 3.05) is 0 Å². The summed E-state index contributed by atoms with van der Waals surface area (Å²) >= 11 is 0. The van der Waals surface area contributed by atoms with Gasteiger partial charge in [-0.15, -0.1) is 0 Å². The molecular weight excluding hydrogens is 250 g/mol. The minimum absolute atomic E-state index is 0.382. The third-order valence-corrected chi connectivity index (χ3v) is 3.77. The number of aromatic nitrogens is 2. The number of fused-ring (bicyclic) bond motifs is 1. The van der Waals surface area contributed by atoms with E-state index >= 15 is 0 Å². The van der Waals surface area contributed by atoms with Crippen LogP contribution in [0.2, 0.25) is 0 Å². The molecule has 1 heterocycles. The number of nitrogens with one attached hydrogen (secondary N) is 1. The lowest BCUT2D eigenvalue weighted by molar-refractivity contribution is 0.442. The highest BCUT2D eigenvalue weighted by Gasteiger charge is 2.14. The zero-order valence-electron chi connectivity index (χ0n) is 11.4. The van der Waals surface area contributed by atoms with Crippen molar-refractivity contribution < 1.29 is 0 Å². The summed E-state index contributed by atoms with van der Waals surface area (Å²) in [7, 11) is 0. The molecular formula is C15H19N5. The van der Waals surface area contributed by atoms with E-state index in [1.807, 2.05) is 18.2 Å². The molecule has 0 radical (unpaired) electrons. The third-order valence-electron chi connectivity index (χ3n) is 3.77. The molecule has 1 aliphatic rings. The molecule has 0 amide bonds. The average molecular weight is 269 g/mol. The van der Waals surface area contributed by atoms with Gasteiger partial charge in [0, 0.05) is 18.0 Å². The number of nitrogens with zero attached hydrogens (tertiary/aromatic N) is 3. The van der Waals surface area contributed by atoms with Gasteiger partial charge in [-0.2, -0.15) is 0 Å². The van der Waals surface area contributed by atoms with Gasteiger partial charge in [-0.3, -0.25) is 15.0 Å². The summed E-state index contributed by atoms with van der Waals surface area (Å²) in [5.74, 6) is 6.39. The maximum atomic E-state index is 5.65. The van der Waals surface area contributed by atoms with Crippen LogP contribution in [0.25, 0.3) is 11.0 Å². The van der Waals surface area contributed by atoms with Crippen molar-refractivity contribution in [1.29, 1.82) is 0 Å². The fourth-order valence-electron chi connectivity index (χ4n) is 2.70. The minimum Gasteiger partial charge on any atom is -0.308 e. The Bertz CT molecular complexity index is 616. The normalized spacial score (nSPS) is 17.4. The van der Waals surface area contributed by atoms with Crippen molar-refractivity contribution in [2.24, 2.45) is 10.8 Å². The number of rotatable bonds is 2. The lowest BCUT2D eigenvalue weighted by atomic mass is 9.96. The van der Waals surface area contributed by atoms with Crippen molar-refractivity contribution >= 4 is 16.9 Å². The van der Waals surface area contributed by atoms with E-state index in [2.05, 4.69) is 15.4 Å². The van der Waals surface area contributed by atoms with Crippen LogP contribution in [0.15, 0.2) is 35.6 Å². The number of aliphatic imine (C=N–C) groups is 1. The van der Waals surface area contributed by atoms with Gasteiger partial charge in [-0.1, -0.05) is 19.3 Å². The molecule has 0 saturated heterocycles. The van der Waals surface area contributed by atoms with Crippen molar-refractivity contribution in [2.45, 2.75) is 38.1 Å². The lowest BCUT2D eigenvalue weighted by Gasteiger charge is -2.19. The number of nitrogens with two attached hydrogens (primary N) is 1. The second-order valence-electron chi connectivity index (χ2n) is 5.17. The summed E-state index contributed by atoms with van der Waals surface area (Å²) in [5, 5.41) is 0. The van der Waals surface area contributed by atoms with Crippen LogP contribution in [0.3, 0.4) is 0 Å². The number of benzene rings is 1. The number of hydrogen-bond acceptors (Lipinski definition) is 4. The second kappa shape index (κ2) is 5.96. The molecule has 3 rings (SSSR count). The molecule has 0 aliphatic heterocycles. The van der Waals surface area contributed by atoms with Gasteiger partial charge in [-0.05, 0) is 31.0 Å². The quantitative estimate of drug-likeness (QED) is 0.379. The highest BCUT2D eigenvalue weighted by atomic mass is 15.3. The van der Waals surface area contributed by atoms with Crippen molar-refractivity contribution in [3.8, 4) is 0 Å². The molecule has 5 heteroatoms. The van der Waals surface area contributed by atoms with Gasteiger partial charge in [-0.25, -0.2) is 5.84 Å². The van der Waals surface area contributed by atoms with E-state index in [1.54, 1.807) is 12.4 Å². The first kappa shape index (κ1) is 13.0. The molecule has 20 heavy (non-hydrogen) atoms. The Morgan fingerprint density at radius 3 is 2.60 bits per heavy atom. The highest BCUT2D eigenvalue weighted by Crippen LogP contribution is 2.21. The predicted molar refractivity (Wildman–Crippen MR) is 80.3 cm³/mol. The third kappa shape index (κ3) is 2.77. The maximum absolute atomic E-state index is 5.65. The molecule has 104 valence electrons. The van der Waals surface area contributed by atoms with E-state index in [-0.39, 0.29) is 0 Å². The zero-order chi connectivity index (χ0) is 13.8. The van der Waals surface area contributed by atoms with Gasteiger partial charge in [0.25, 0.3) is 0 Å². The SMILES string of the molecule is NNC(=NC1CCCCC1)c1ccc2nccnc2c1. The Kier molecular flexibility index (Phi) is 3.87. The Morgan fingerprint density at radius 2 is 1.85 bits per heavy atom. The summed E-state index contributed by atoms with van der Waals surface area (Å²) in [6, 6.07) is 6.29. The summed E-state index contributed by atoms with van der Waals surface area (Å²) in [5.41, 5.74) is 5.43. The van der Waals surface area contributed by atoms with E-state index in [1.165, 1.54) is 19.3 Å². The largest absolute Gasteiger partial charge is 0.308 e. The van der Waals surface area contributed by atoms with Gasteiger partial charge < -0.3 is 5.43 Å². The number of hydrazine groups is 1. The minimum atomic E-state index is 0.382. The van der Waals surface area contributed by atoms with Crippen LogP contribution in [0.1, 0.15) is 37.7 Å². The van der Waals surface area contributed by atoms with E-state index in [0.717, 1.165) is 35.3 Å². The molecule has 1 aromatic heterocycles. The van der Waals surface area contributed by atoms with Crippen molar-refractivity contribution in [3.05, 3.63) is 36.2 Å². The van der Waals surface area contributed by atoms with Crippen molar-refractivity contribution in [3.63, 3.8) is 0 Å². The summed E-state index contributed by atoms with van der Waals surface area (Å²) in [6.45, 7) is 0. The smallest absolute Gasteiger partial charge is 0.142 e. The van der Waals surface area contributed by atoms with Gasteiger partial charge in [0.1, 0.15) is 5.84 Å². The highest BCUT2D eigenvalue weighted by molar-refractivity contribution is 6.00. The molecule has 0 atom stereocenters. The van der Waals surface area contributed by atoms with Crippen LogP contribution < -0.4 is 11.3 Å². The Morgan fingerprint density at radius 1 is 1.10 bits per heavy atom. The molecule has 3 N–H and O–H groups in total. The Labute approximate surface area is 118 Å². The summed E-state index contributed by atoms with van der Waals surface area (Å²) in [4.78, 5) is 13.4. The van der Waals surface area contributed by atoms with E-state index < -0.39 is 0 Å². The van der Waals surface area contributed by atoms with Gasteiger partial charge in [0.2, 0.25) is 0 Å². The zero-order valence-corrected chi connectivity index (χ0v) is 11.4. The summed E-state index contributed by atoms with van der Waals surface area (Å²) in [6.07, 6.45) is 9.53. The van der Waals surface area contributed by atoms with Gasteiger partial charge in [0.15, 0.2) is 0 Å². The molecule has 1 aliphatic carbocycles. The number of hydrogen-bond donors (Lipinski definition) is 2. The van der Waals surface area contributed by atoms with E-state index in [0.29, 0.717) is 6.04 Å². The topological polar surface area (TPSA) is 76.2 Å². The number of amidine groups is 1.